The zero-order chi connectivity index (χ0) is 6.69. The molecule has 1 fully saturated rings. The van der Waals surface area contributed by atoms with Gasteiger partial charge in [-0.25, -0.2) is 0 Å². The van der Waals surface area contributed by atoms with Crippen LogP contribution >= 0.6 is 0 Å². The van der Waals surface area contributed by atoms with E-state index in [4.69, 9.17) is 0 Å². The number of hydrogen-bond acceptors (Lipinski definition) is 2. The summed E-state index contributed by atoms with van der Waals surface area (Å²) in [5.74, 6) is 0.148. The fourth-order valence-corrected chi connectivity index (χ4v) is 0.957. The van der Waals surface area contributed by atoms with Crippen LogP contribution in [-0.2, 0) is 4.79 Å². The molecule has 1 amide bonds. The van der Waals surface area contributed by atoms with Gasteiger partial charge in [0.25, 0.3) is 0 Å². The summed E-state index contributed by atoms with van der Waals surface area (Å²) in [5, 5.41) is 2.79. The van der Waals surface area contributed by atoms with Crippen LogP contribution in [0.15, 0.2) is 0 Å². The summed E-state index contributed by atoms with van der Waals surface area (Å²) in [6, 6.07) is 0. The SMILES string of the molecule is CN1CCCNC(=O)C1.[HH]. The van der Waals surface area contributed by atoms with E-state index in [1.165, 1.54) is 0 Å². The minimum Gasteiger partial charge on any atom is -0.355 e. The highest BCUT2D eigenvalue weighted by atomic mass is 16.2. The van der Waals surface area contributed by atoms with E-state index in [0.29, 0.717) is 6.54 Å². The zero-order valence-electron chi connectivity index (χ0n) is 5.68. The fourth-order valence-electron chi connectivity index (χ4n) is 0.957. The number of nitrogens with one attached hydrogen (secondary N) is 1. The maximum absolute atomic E-state index is 10.7. The summed E-state index contributed by atoms with van der Waals surface area (Å²) in [6.45, 7) is 2.42. The van der Waals surface area contributed by atoms with Crippen molar-refractivity contribution in [2.45, 2.75) is 6.42 Å². The molecule has 0 bridgehead atoms. The minimum atomic E-state index is 0. The fraction of sp³-hybridized carbons (Fsp3) is 0.833. The number of nitrogens with zero attached hydrogens (tertiary/aromatic N) is 1. The lowest BCUT2D eigenvalue weighted by Gasteiger charge is -2.08. The maximum Gasteiger partial charge on any atom is 0.234 e. The first kappa shape index (κ1) is 6.55. The summed E-state index contributed by atoms with van der Waals surface area (Å²) in [6.07, 6.45) is 1.07. The summed E-state index contributed by atoms with van der Waals surface area (Å²) in [7, 11) is 1.96. The lowest BCUT2D eigenvalue weighted by atomic mass is 10.4. The largest absolute Gasteiger partial charge is 0.355 e. The van der Waals surface area contributed by atoms with Crippen LogP contribution in [0.5, 0.6) is 0 Å². The Labute approximate surface area is 56.5 Å². The van der Waals surface area contributed by atoms with Gasteiger partial charge in [0.2, 0.25) is 5.91 Å². The van der Waals surface area contributed by atoms with Gasteiger partial charge in [-0.3, -0.25) is 9.69 Å². The van der Waals surface area contributed by atoms with Gasteiger partial charge in [-0.1, -0.05) is 0 Å². The molecule has 3 nitrogen and oxygen atoms in total. The first-order valence-corrected chi connectivity index (χ1v) is 3.24. The van der Waals surface area contributed by atoms with Crippen molar-refractivity contribution >= 4 is 5.91 Å². The molecule has 1 aliphatic rings. The van der Waals surface area contributed by atoms with E-state index < -0.39 is 0 Å². The molecule has 1 heterocycles. The Bertz CT molecular complexity index is 118. The quantitative estimate of drug-likeness (QED) is 0.487. The van der Waals surface area contributed by atoms with Crippen LogP contribution in [0.4, 0.5) is 0 Å². The minimum absolute atomic E-state index is 0. The molecule has 1 aliphatic heterocycles. The van der Waals surface area contributed by atoms with Crippen molar-refractivity contribution in [3.8, 4) is 0 Å². The number of likely N-dealkylation sites (N-methyl/N-ethyl adjacent to an activating group) is 1. The Morgan fingerprint density at radius 1 is 1.78 bits per heavy atom. The number of hydrogen-bond donors (Lipinski definition) is 1. The number of amides is 1. The lowest BCUT2D eigenvalue weighted by Crippen LogP contribution is -2.30. The van der Waals surface area contributed by atoms with Gasteiger partial charge >= 0.3 is 0 Å². The topological polar surface area (TPSA) is 32.3 Å². The Balaban J connectivity index is 0.000000810. The molecule has 9 heavy (non-hydrogen) atoms. The van der Waals surface area contributed by atoms with Crippen molar-refractivity contribution in [1.29, 1.82) is 0 Å². The highest BCUT2D eigenvalue weighted by molar-refractivity contribution is 5.78. The van der Waals surface area contributed by atoms with Gasteiger partial charge in [-0.2, -0.15) is 0 Å². The van der Waals surface area contributed by atoms with Gasteiger partial charge in [-0.15, -0.1) is 0 Å². The summed E-state index contributed by atoms with van der Waals surface area (Å²) in [5.41, 5.74) is 0. The first-order valence-electron chi connectivity index (χ1n) is 3.24. The van der Waals surface area contributed by atoms with Crippen molar-refractivity contribution in [3.05, 3.63) is 0 Å². The van der Waals surface area contributed by atoms with E-state index in [2.05, 4.69) is 5.32 Å². The Morgan fingerprint density at radius 3 is 3.33 bits per heavy atom. The maximum atomic E-state index is 10.7. The molecular formula is C6H14N2O. The van der Waals surface area contributed by atoms with Crippen molar-refractivity contribution < 1.29 is 6.22 Å². The molecule has 1 N–H and O–H groups in total. The van der Waals surface area contributed by atoms with Gasteiger partial charge in [0.1, 0.15) is 0 Å². The summed E-state index contributed by atoms with van der Waals surface area (Å²) in [4.78, 5) is 12.8. The molecule has 0 aromatic heterocycles. The Hall–Kier alpha value is -0.570. The van der Waals surface area contributed by atoms with Crippen LogP contribution in [0.25, 0.3) is 0 Å². The van der Waals surface area contributed by atoms with Crippen LogP contribution in [-0.4, -0.2) is 37.5 Å². The molecule has 1 saturated heterocycles. The van der Waals surface area contributed by atoms with Gasteiger partial charge < -0.3 is 5.32 Å². The van der Waals surface area contributed by atoms with Crippen LogP contribution in [0.2, 0.25) is 0 Å². The van der Waals surface area contributed by atoms with E-state index in [9.17, 15) is 4.79 Å². The van der Waals surface area contributed by atoms with Crippen molar-refractivity contribution in [1.82, 2.24) is 10.2 Å². The molecule has 0 unspecified atom stereocenters. The average Bonchev–Trinajstić information content (AvgIpc) is 1.93. The summed E-state index contributed by atoms with van der Waals surface area (Å²) < 4.78 is 0. The molecule has 0 atom stereocenters. The third kappa shape index (κ3) is 2.01. The predicted octanol–water partition coefficient (Wildman–Crippen LogP) is -0.316. The van der Waals surface area contributed by atoms with Crippen molar-refractivity contribution in [2.75, 3.05) is 26.7 Å². The third-order valence-corrected chi connectivity index (χ3v) is 1.45. The molecule has 1 rings (SSSR count). The molecule has 0 aromatic carbocycles. The van der Waals surface area contributed by atoms with Gasteiger partial charge in [0.15, 0.2) is 0 Å². The van der Waals surface area contributed by atoms with Gasteiger partial charge in [0, 0.05) is 14.5 Å². The number of carbonyl (C=O) groups is 1. The van der Waals surface area contributed by atoms with E-state index in [1.54, 1.807) is 0 Å². The molecule has 54 valence electrons. The average molecular weight is 130 g/mol. The van der Waals surface area contributed by atoms with Gasteiger partial charge in [0.05, 0.1) is 6.54 Å². The molecular weight excluding hydrogens is 116 g/mol. The number of carbonyl (C=O) groups excluding carboxylic acids is 1. The highest BCUT2D eigenvalue weighted by Crippen LogP contribution is 1.90. The molecule has 0 spiro atoms. The molecule has 0 saturated carbocycles. The predicted molar refractivity (Wildman–Crippen MR) is 37.2 cm³/mol. The zero-order valence-corrected chi connectivity index (χ0v) is 5.68. The van der Waals surface area contributed by atoms with E-state index in [1.807, 2.05) is 11.9 Å². The standard InChI is InChI=1S/C6H12N2O.H2/c1-8-4-2-3-7-6(9)5-8;/h2-5H2,1H3,(H,7,9);1H. The first-order chi connectivity index (χ1) is 4.29. The van der Waals surface area contributed by atoms with Crippen LogP contribution in [0.3, 0.4) is 0 Å². The van der Waals surface area contributed by atoms with E-state index in [0.717, 1.165) is 19.5 Å². The van der Waals surface area contributed by atoms with Gasteiger partial charge in [-0.05, 0) is 13.5 Å². The molecule has 0 aromatic rings. The second kappa shape index (κ2) is 2.82. The highest BCUT2D eigenvalue weighted by Gasteiger charge is 2.08. The molecule has 0 aliphatic carbocycles. The lowest BCUT2D eigenvalue weighted by molar-refractivity contribution is -0.121. The van der Waals surface area contributed by atoms with E-state index in [-0.39, 0.29) is 7.33 Å². The van der Waals surface area contributed by atoms with Crippen LogP contribution in [0.1, 0.15) is 7.85 Å². The summed E-state index contributed by atoms with van der Waals surface area (Å²) >= 11 is 0. The second-order valence-corrected chi connectivity index (χ2v) is 2.44. The van der Waals surface area contributed by atoms with Crippen LogP contribution < -0.4 is 5.32 Å². The number of rotatable bonds is 0. The van der Waals surface area contributed by atoms with Crippen molar-refractivity contribution in [2.24, 2.45) is 0 Å². The molecule has 0 radical (unpaired) electrons. The van der Waals surface area contributed by atoms with Crippen molar-refractivity contribution in [3.63, 3.8) is 0 Å². The van der Waals surface area contributed by atoms with Crippen LogP contribution in [0, 0.1) is 0 Å². The third-order valence-electron chi connectivity index (χ3n) is 1.45. The second-order valence-electron chi connectivity index (χ2n) is 2.44. The normalized spacial score (nSPS) is 23.0. The monoisotopic (exact) mass is 130 g/mol. The Morgan fingerprint density at radius 2 is 2.56 bits per heavy atom. The Kier molecular flexibility index (Phi) is 2.05. The van der Waals surface area contributed by atoms with E-state index >= 15 is 0 Å². The molecule has 3 heteroatoms. The smallest absolute Gasteiger partial charge is 0.234 e.